The van der Waals surface area contributed by atoms with Gasteiger partial charge >= 0.3 is 0 Å². The maximum absolute atomic E-state index is 12.8. The zero-order valence-electron chi connectivity index (χ0n) is 14.2. The number of hydrogen-bond acceptors (Lipinski definition) is 6. The minimum atomic E-state index is -0.166. The third-order valence-corrected chi connectivity index (χ3v) is 5.21. The van der Waals surface area contributed by atoms with Gasteiger partial charge in [-0.3, -0.25) is 9.69 Å². The van der Waals surface area contributed by atoms with Crippen molar-refractivity contribution in [1.82, 2.24) is 9.88 Å². The molecule has 1 aromatic heterocycles. The van der Waals surface area contributed by atoms with Gasteiger partial charge in [-0.1, -0.05) is 0 Å². The number of rotatable bonds is 5. The SMILES string of the molecule is CNc1nc(CN2CCN(c3ccc(OC)cc3)C(=O)C2C)cs1. The Hall–Kier alpha value is -2.12. The number of hydrogen-bond donors (Lipinski definition) is 1. The van der Waals surface area contributed by atoms with Gasteiger partial charge in [-0.25, -0.2) is 4.98 Å². The maximum atomic E-state index is 12.8. The molecule has 0 bridgehead atoms. The quantitative estimate of drug-likeness (QED) is 0.901. The molecule has 1 unspecified atom stereocenters. The lowest BCUT2D eigenvalue weighted by molar-refractivity contribution is -0.125. The number of aromatic nitrogens is 1. The van der Waals surface area contributed by atoms with Gasteiger partial charge < -0.3 is 15.0 Å². The first-order valence-corrected chi connectivity index (χ1v) is 8.82. The van der Waals surface area contributed by atoms with Crippen molar-refractivity contribution in [3.63, 3.8) is 0 Å². The van der Waals surface area contributed by atoms with Crippen LogP contribution in [0.2, 0.25) is 0 Å². The van der Waals surface area contributed by atoms with Crippen molar-refractivity contribution in [2.75, 3.05) is 37.5 Å². The second-order valence-corrected chi connectivity index (χ2v) is 6.59. The molecular weight excluding hydrogens is 324 g/mol. The average Bonchev–Trinajstić information content (AvgIpc) is 3.07. The van der Waals surface area contributed by atoms with Gasteiger partial charge in [0.15, 0.2) is 5.13 Å². The number of thiazole rings is 1. The third-order valence-electron chi connectivity index (χ3n) is 4.30. The molecule has 0 saturated carbocycles. The predicted octanol–water partition coefficient (Wildman–Crippen LogP) is 2.43. The highest BCUT2D eigenvalue weighted by Gasteiger charge is 2.32. The number of carbonyl (C=O) groups is 1. The summed E-state index contributed by atoms with van der Waals surface area (Å²) in [5.41, 5.74) is 1.92. The topological polar surface area (TPSA) is 57.7 Å². The molecule has 1 amide bonds. The summed E-state index contributed by atoms with van der Waals surface area (Å²) in [4.78, 5) is 21.3. The van der Waals surface area contributed by atoms with E-state index in [-0.39, 0.29) is 11.9 Å². The van der Waals surface area contributed by atoms with E-state index in [4.69, 9.17) is 4.74 Å². The van der Waals surface area contributed by atoms with Gasteiger partial charge in [-0.2, -0.15) is 0 Å². The Labute approximate surface area is 146 Å². The summed E-state index contributed by atoms with van der Waals surface area (Å²) in [6, 6.07) is 7.46. The maximum Gasteiger partial charge on any atom is 0.244 e. The predicted molar refractivity (Wildman–Crippen MR) is 96.9 cm³/mol. The molecule has 1 aromatic carbocycles. The van der Waals surface area contributed by atoms with Crippen molar-refractivity contribution in [3.05, 3.63) is 35.3 Å². The number of anilines is 2. The molecule has 2 aromatic rings. The van der Waals surface area contributed by atoms with E-state index in [1.165, 1.54) is 0 Å². The molecule has 1 saturated heterocycles. The second-order valence-electron chi connectivity index (χ2n) is 5.73. The van der Waals surface area contributed by atoms with Crippen LogP contribution in [0.1, 0.15) is 12.6 Å². The first-order valence-electron chi connectivity index (χ1n) is 7.94. The fraction of sp³-hybridized carbons (Fsp3) is 0.412. The third kappa shape index (κ3) is 3.37. The van der Waals surface area contributed by atoms with Gasteiger partial charge in [0.25, 0.3) is 0 Å². The van der Waals surface area contributed by atoms with Crippen LogP contribution >= 0.6 is 11.3 Å². The summed E-state index contributed by atoms with van der Waals surface area (Å²) in [5, 5.41) is 5.99. The minimum Gasteiger partial charge on any atom is -0.497 e. The van der Waals surface area contributed by atoms with Gasteiger partial charge in [0, 0.05) is 37.7 Å². The lowest BCUT2D eigenvalue weighted by Gasteiger charge is -2.38. The van der Waals surface area contributed by atoms with Gasteiger partial charge in [-0.05, 0) is 31.2 Å². The molecule has 128 valence electrons. The molecule has 1 N–H and O–H groups in total. The highest BCUT2D eigenvalue weighted by Crippen LogP contribution is 2.24. The van der Waals surface area contributed by atoms with E-state index in [9.17, 15) is 4.79 Å². The normalized spacial score (nSPS) is 18.7. The van der Waals surface area contributed by atoms with Gasteiger partial charge in [0.1, 0.15) is 5.75 Å². The molecule has 6 nitrogen and oxygen atoms in total. The number of carbonyl (C=O) groups excluding carboxylic acids is 1. The lowest BCUT2D eigenvalue weighted by Crippen LogP contribution is -2.55. The molecule has 1 atom stereocenters. The molecular formula is C17H22N4O2S. The average molecular weight is 346 g/mol. The number of piperazine rings is 1. The van der Waals surface area contributed by atoms with Crippen LogP contribution in [-0.4, -0.2) is 49.1 Å². The van der Waals surface area contributed by atoms with Crippen LogP contribution in [0, 0.1) is 0 Å². The lowest BCUT2D eigenvalue weighted by atomic mass is 10.1. The Morgan fingerprint density at radius 1 is 1.33 bits per heavy atom. The van der Waals surface area contributed by atoms with E-state index in [1.54, 1.807) is 18.4 Å². The van der Waals surface area contributed by atoms with E-state index in [2.05, 4.69) is 15.2 Å². The van der Waals surface area contributed by atoms with Crippen LogP contribution in [-0.2, 0) is 11.3 Å². The van der Waals surface area contributed by atoms with Crippen molar-refractivity contribution in [2.24, 2.45) is 0 Å². The van der Waals surface area contributed by atoms with E-state index in [0.717, 1.165) is 28.8 Å². The second kappa shape index (κ2) is 7.19. The van der Waals surface area contributed by atoms with E-state index < -0.39 is 0 Å². The van der Waals surface area contributed by atoms with Gasteiger partial charge in [0.2, 0.25) is 5.91 Å². The summed E-state index contributed by atoms with van der Waals surface area (Å²) >= 11 is 1.58. The number of methoxy groups -OCH3 is 1. The Bertz CT molecular complexity index is 701. The van der Waals surface area contributed by atoms with Crippen LogP contribution in [0.25, 0.3) is 0 Å². The minimum absolute atomic E-state index is 0.121. The fourth-order valence-electron chi connectivity index (χ4n) is 2.85. The van der Waals surface area contributed by atoms with Crippen molar-refractivity contribution >= 4 is 28.1 Å². The monoisotopic (exact) mass is 346 g/mol. The highest BCUT2D eigenvalue weighted by atomic mass is 32.1. The van der Waals surface area contributed by atoms with Crippen molar-refractivity contribution in [1.29, 1.82) is 0 Å². The summed E-state index contributed by atoms with van der Waals surface area (Å²) in [5.74, 6) is 0.914. The number of nitrogens with zero attached hydrogens (tertiary/aromatic N) is 3. The Kier molecular flexibility index (Phi) is 5.01. The summed E-state index contributed by atoms with van der Waals surface area (Å²) in [6.45, 7) is 4.16. The first kappa shape index (κ1) is 16.7. The van der Waals surface area contributed by atoms with Crippen LogP contribution in [0.3, 0.4) is 0 Å². The van der Waals surface area contributed by atoms with Crippen molar-refractivity contribution in [2.45, 2.75) is 19.5 Å². The molecule has 7 heteroatoms. The Morgan fingerprint density at radius 2 is 2.08 bits per heavy atom. The van der Waals surface area contributed by atoms with Crippen LogP contribution in [0.4, 0.5) is 10.8 Å². The zero-order chi connectivity index (χ0) is 17.1. The molecule has 0 spiro atoms. The van der Waals surface area contributed by atoms with E-state index in [1.807, 2.05) is 48.5 Å². The van der Waals surface area contributed by atoms with Crippen LogP contribution in [0.5, 0.6) is 5.75 Å². The summed E-state index contributed by atoms with van der Waals surface area (Å²) < 4.78 is 5.18. The summed E-state index contributed by atoms with van der Waals surface area (Å²) in [6.07, 6.45) is 0. The zero-order valence-corrected chi connectivity index (χ0v) is 15.0. The number of nitrogens with one attached hydrogen (secondary N) is 1. The fourth-order valence-corrected chi connectivity index (χ4v) is 3.51. The molecule has 0 aliphatic carbocycles. The number of amides is 1. The van der Waals surface area contributed by atoms with E-state index >= 15 is 0 Å². The van der Waals surface area contributed by atoms with E-state index in [0.29, 0.717) is 13.1 Å². The summed E-state index contributed by atoms with van der Waals surface area (Å²) in [7, 11) is 3.50. The highest BCUT2D eigenvalue weighted by molar-refractivity contribution is 7.13. The molecule has 2 heterocycles. The van der Waals surface area contributed by atoms with Crippen LogP contribution < -0.4 is 15.0 Å². The molecule has 1 aliphatic rings. The first-order chi connectivity index (χ1) is 11.6. The molecule has 24 heavy (non-hydrogen) atoms. The number of benzene rings is 1. The Morgan fingerprint density at radius 3 is 2.71 bits per heavy atom. The van der Waals surface area contributed by atoms with Crippen molar-refractivity contribution in [3.8, 4) is 5.75 Å². The van der Waals surface area contributed by atoms with Crippen molar-refractivity contribution < 1.29 is 9.53 Å². The largest absolute Gasteiger partial charge is 0.497 e. The van der Waals surface area contributed by atoms with Crippen LogP contribution in [0.15, 0.2) is 29.6 Å². The molecule has 0 radical (unpaired) electrons. The standard InChI is InChI=1S/C17H22N4O2S/c1-12-16(22)21(14-4-6-15(23-3)7-5-14)9-8-20(12)10-13-11-24-17(18-2)19-13/h4-7,11-12H,8-10H2,1-3H3,(H,18,19). The number of ether oxygens (including phenoxy) is 1. The smallest absolute Gasteiger partial charge is 0.244 e. The van der Waals surface area contributed by atoms with Gasteiger partial charge in [0.05, 0.1) is 18.8 Å². The molecule has 1 fully saturated rings. The Balaban J connectivity index is 1.68. The molecule has 3 rings (SSSR count). The van der Waals surface area contributed by atoms with Gasteiger partial charge in [-0.15, -0.1) is 11.3 Å². The molecule has 1 aliphatic heterocycles.